The first-order valence-electron chi connectivity index (χ1n) is 4.21. The largest absolute Gasteiger partial charge is 0.229 e. The maximum atomic E-state index is 10.8. The minimum absolute atomic E-state index is 0.311. The van der Waals surface area contributed by atoms with Gasteiger partial charge in [-0.05, 0) is 31.1 Å². The zero-order chi connectivity index (χ0) is 9.24. The molecule has 0 atom stereocenters. The fraction of sp³-hybridized carbons (Fsp3) is 1.00. The monoisotopic (exact) mass is 210 g/mol. The summed E-state index contributed by atoms with van der Waals surface area (Å²) in [4.78, 5) is 0. The van der Waals surface area contributed by atoms with Crippen molar-refractivity contribution in [3.63, 3.8) is 0 Å². The number of sulfone groups is 1. The van der Waals surface area contributed by atoms with Crippen LogP contribution >= 0.6 is 11.6 Å². The third-order valence-electron chi connectivity index (χ3n) is 2.46. The van der Waals surface area contributed by atoms with Crippen LogP contribution in [0.3, 0.4) is 0 Å². The molecule has 0 radical (unpaired) electrons. The Bertz CT molecular complexity index is 242. The van der Waals surface area contributed by atoms with Crippen molar-refractivity contribution in [2.24, 2.45) is 5.41 Å². The van der Waals surface area contributed by atoms with Gasteiger partial charge in [0, 0.05) is 17.9 Å². The molecule has 0 unspecified atom stereocenters. The van der Waals surface area contributed by atoms with E-state index in [0.29, 0.717) is 17.0 Å². The summed E-state index contributed by atoms with van der Waals surface area (Å²) >= 11 is 5.76. The summed E-state index contributed by atoms with van der Waals surface area (Å²) in [5.41, 5.74) is 0.312. The van der Waals surface area contributed by atoms with Gasteiger partial charge in [0.05, 0.1) is 0 Å². The Kier molecular flexibility index (Phi) is 3.05. The van der Waals surface area contributed by atoms with Gasteiger partial charge in [-0.15, -0.1) is 11.6 Å². The van der Waals surface area contributed by atoms with Gasteiger partial charge in [-0.1, -0.05) is 0 Å². The van der Waals surface area contributed by atoms with Crippen molar-refractivity contribution in [1.82, 2.24) is 0 Å². The van der Waals surface area contributed by atoms with Gasteiger partial charge in [0.1, 0.15) is 9.84 Å². The summed E-state index contributed by atoms with van der Waals surface area (Å²) in [6.07, 6.45) is 5.39. The van der Waals surface area contributed by atoms with E-state index in [1.807, 2.05) is 0 Å². The van der Waals surface area contributed by atoms with Crippen LogP contribution in [0.5, 0.6) is 0 Å². The van der Waals surface area contributed by atoms with Gasteiger partial charge in [-0.3, -0.25) is 0 Å². The van der Waals surface area contributed by atoms with Crippen LogP contribution in [0.4, 0.5) is 0 Å². The summed E-state index contributed by atoms with van der Waals surface area (Å²) in [6.45, 7) is 0. The normalized spacial score (nSPS) is 20.8. The molecule has 0 N–H and O–H groups in total. The van der Waals surface area contributed by atoms with Crippen LogP contribution in [0.15, 0.2) is 0 Å². The predicted octanol–water partition coefficient (Wildman–Crippen LogP) is 1.83. The first kappa shape index (κ1) is 10.3. The van der Waals surface area contributed by atoms with E-state index < -0.39 is 9.84 Å². The Morgan fingerprint density at radius 1 is 1.42 bits per heavy atom. The molecule has 1 aliphatic rings. The molecular formula is C8H15ClO2S. The lowest BCUT2D eigenvalue weighted by Crippen LogP contribution is -2.08. The lowest BCUT2D eigenvalue weighted by molar-refractivity contribution is 0.513. The van der Waals surface area contributed by atoms with Crippen LogP contribution in [0.25, 0.3) is 0 Å². The smallest absolute Gasteiger partial charge is 0.147 e. The lowest BCUT2D eigenvalue weighted by atomic mass is 10.0. The Morgan fingerprint density at radius 3 is 2.33 bits per heavy atom. The van der Waals surface area contributed by atoms with Crippen molar-refractivity contribution in [2.45, 2.75) is 25.7 Å². The van der Waals surface area contributed by atoms with Crippen LogP contribution in [0.1, 0.15) is 25.7 Å². The highest BCUT2D eigenvalue weighted by Gasteiger charge is 2.40. The molecule has 1 aliphatic carbocycles. The second-order valence-corrected chi connectivity index (χ2v) is 6.39. The third kappa shape index (κ3) is 3.31. The molecule has 0 amide bonds. The SMILES string of the molecule is CS(=O)(=O)CCCC1(CCl)CC1. The molecule has 1 saturated carbocycles. The molecule has 0 saturated heterocycles. The van der Waals surface area contributed by atoms with Gasteiger partial charge in [-0.25, -0.2) is 8.42 Å². The van der Waals surface area contributed by atoms with Crippen molar-refractivity contribution in [3.8, 4) is 0 Å². The summed E-state index contributed by atoms with van der Waals surface area (Å²) in [7, 11) is -2.77. The van der Waals surface area contributed by atoms with Crippen molar-refractivity contribution < 1.29 is 8.42 Å². The van der Waals surface area contributed by atoms with Crippen LogP contribution in [0, 0.1) is 5.41 Å². The van der Waals surface area contributed by atoms with Crippen molar-refractivity contribution in [3.05, 3.63) is 0 Å². The fourth-order valence-electron chi connectivity index (χ4n) is 1.34. The van der Waals surface area contributed by atoms with Gasteiger partial charge < -0.3 is 0 Å². The number of hydrogen-bond donors (Lipinski definition) is 0. The topological polar surface area (TPSA) is 34.1 Å². The van der Waals surface area contributed by atoms with E-state index >= 15 is 0 Å². The molecule has 12 heavy (non-hydrogen) atoms. The molecule has 2 nitrogen and oxygen atoms in total. The van der Waals surface area contributed by atoms with Gasteiger partial charge >= 0.3 is 0 Å². The first-order chi connectivity index (χ1) is 5.47. The number of rotatable bonds is 5. The highest BCUT2D eigenvalue weighted by atomic mass is 35.5. The minimum Gasteiger partial charge on any atom is -0.229 e. The van der Waals surface area contributed by atoms with Gasteiger partial charge in [-0.2, -0.15) is 0 Å². The number of alkyl halides is 1. The second-order valence-electron chi connectivity index (χ2n) is 3.87. The van der Waals surface area contributed by atoms with Gasteiger partial charge in [0.15, 0.2) is 0 Å². The zero-order valence-electron chi connectivity index (χ0n) is 7.35. The van der Waals surface area contributed by atoms with Crippen LogP contribution in [0.2, 0.25) is 0 Å². The second kappa shape index (κ2) is 3.54. The fourth-order valence-corrected chi connectivity index (χ4v) is 2.41. The van der Waals surface area contributed by atoms with E-state index in [0.717, 1.165) is 12.8 Å². The minimum atomic E-state index is -2.77. The van der Waals surface area contributed by atoms with Crippen molar-refractivity contribution in [2.75, 3.05) is 17.9 Å². The third-order valence-corrected chi connectivity index (χ3v) is 4.06. The standard InChI is InChI=1S/C8H15ClO2S/c1-12(10,11)6-2-3-8(7-9)4-5-8/h2-7H2,1H3. The number of hydrogen-bond acceptors (Lipinski definition) is 2. The lowest BCUT2D eigenvalue weighted by Gasteiger charge is -2.09. The summed E-state index contributed by atoms with van der Waals surface area (Å²) in [6, 6.07) is 0. The molecule has 0 aromatic rings. The highest BCUT2D eigenvalue weighted by molar-refractivity contribution is 7.90. The maximum absolute atomic E-state index is 10.8. The highest BCUT2D eigenvalue weighted by Crippen LogP contribution is 2.50. The molecule has 0 aromatic carbocycles. The Labute approximate surface area is 79.2 Å². The molecule has 0 spiro atoms. The van der Waals surface area contributed by atoms with Crippen LogP contribution in [-0.4, -0.2) is 26.3 Å². The molecular weight excluding hydrogens is 196 g/mol. The quantitative estimate of drug-likeness (QED) is 0.649. The average Bonchev–Trinajstić information content (AvgIpc) is 2.67. The molecule has 0 aliphatic heterocycles. The Balaban J connectivity index is 2.19. The zero-order valence-corrected chi connectivity index (χ0v) is 8.92. The van der Waals surface area contributed by atoms with Crippen molar-refractivity contribution >= 4 is 21.4 Å². The van der Waals surface area contributed by atoms with Gasteiger partial charge in [0.2, 0.25) is 0 Å². The van der Waals surface area contributed by atoms with E-state index in [1.165, 1.54) is 19.1 Å². The Morgan fingerprint density at radius 2 is 2.00 bits per heavy atom. The van der Waals surface area contributed by atoms with E-state index in [2.05, 4.69) is 0 Å². The van der Waals surface area contributed by atoms with Crippen molar-refractivity contribution in [1.29, 1.82) is 0 Å². The van der Waals surface area contributed by atoms with E-state index in [4.69, 9.17) is 11.6 Å². The Hall–Kier alpha value is 0.240. The molecule has 1 fully saturated rings. The maximum Gasteiger partial charge on any atom is 0.147 e. The molecule has 0 heterocycles. The summed E-state index contributed by atoms with van der Waals surface area (Å²) < 4.78 is 21.6. The van der Waals surface area contributed by atoms with Crippen LogP contribution in [-0.2, 0) is 9.84 Å². The summed E-state index contributed by atoms with van der Waals surface area (Å²) in [5, 5.41) is 0. The van der Waals surface area contributed by atoms with E-state index in [9.17, 15) is 8.42 Å². The van der Waals surface area contributed by atoms with E-state index in [-0.39, 0.29) is 0 Å². The van der Waals surface area contributed by atoms with Crippen LogP contribution < -0.4 is 0 Å². The molecule has 72 valence electrons. The van der Waals surface area contributed by atoms with E-state index in [1.54, 1.807) is 0 Å². The molecule has 0 bridgehead atoms. The van der Waals surface area contributed by atoms with Gasteiger partial charge in [0.25, 0.3) is 0 Å². The predicted molar refractivity (Wildman–Crippen MR) is 51.3 cm³/mol. The number of halogens is 1. The molecule has 0 aromatic heterocycles. The molecule has 4 heteroatoms. The summed E-state index contributed by atoms with van der Waals surface area (Å²) in [5.74, 6) is 1.00. The average molecular weight is 211 g/mol. The molecule has 1 rings (SSSR count). The first-order valence-corrected chi connectivity index (χ1v) is 6.81.